The molecule has 0 saturated heterocycles. The number of hydrogen-bond donors (Lipinski definition) is 2. The molecule has 0 spiro atoms. The zero-order chi connectivity index (χ0) is 19.8. The van der Waals surface area contributed by atoms with Crippen molar-refractivity contribution in [1.82, 2.24) is 5.32 Å². The number of rotatable bonds is 8. The van der Waals surface area contributed by atoms with Crippen molar-refractivity contribution in [1.29, 1.82) is 0 Å². The van der Waals surface area contributed by atoms with Gasteiger partial charge in [-0.05, 0) is 48.5 Å². The van der Waals surface area contributed by atoms with Crippen LogP contribution >= 0.6 is 0 Å². The van der Waals surface area contributed by atoms with E-state index < -0.39 is 0 Å². The summed E-state index contributed by atoms with van der Waals surface area (Å²) in [5, 5.41) is 5.56. The van der Waals surface area contributed by atoms with Gasteiger partial charge < -0.3 is 19.8 Å². The molecule has 2 N–H and O–H groups in total. The zero-order valence-electron chi connectivity index (χ0n) is 15.2. The van der Waals surface area contributed by atoms with Crippen LogP contribution in [0.2, 0.25) is 0 Å². The van der Waals surface area contributed by atoms with E-state index in [1.807, 2.05) is 0 Å². The molecule has 3 rings (SSSR count). The van der Waals surface area contributed by atoms with E-state index in [1.165, 1.54) is 0 Å². The Bertz CT molecular complexity index is 947. The number of ether oxygens (including phenoxy) is 1. The van der Waals surface area contributed by atoms with Gasteiger partial charge in [-0.25, -0.2) is 0 Å². The maximum Gasteiger partial charge on any atom is 0.255 e. The maximum absolute atomic E-state index is 12.5. The third kappa shape index (κ3) is 4.88. The molecule has 0 radical (unpaired) electrons. The lowest BCUT2D eigenvalue weighted by atomic mass is 10.1. The number of furan rings is 1. The molecular weight excluding hydrogens is 356 g/mol. The van der Waals surface area contributed by atoms with Gasteiger partial charge in [0, 0.05) is 5.56 Å². The van der Waals surface area contributed by atoms with E-state index in [4.69, 9.17) is 9.15 Å². The second kappa shape index (κ2) is 9.23. The number of nitrogens with one attached hydrogen (secondary N) is 2. The molecule has 28 heavy (non-hydrogen) atoms. The van der Waals surface area contributed by atoms with Crippen LogP contribution in [0.3, 0.4) is 0 Å². The Morgan fingerprint density at radius 3 is 2.50 bits per heavy atom. The van der Waals surface area contributed by atoms with Gasteiger partial charge in [0.1, 0.15) is 18.1 Å². The Morgan fingerprint density at radius 1 is 1.00 bits per heavy atom. The van der Waals surface area contributed by atoms with Crippen LogP contribution in [0.5, 0.6) is 5.75 Å². The van der Waals surface area contributed by atoms with Crippen LogP contribution in [0.1, 0.15) is 26.5 Å². The molecular formula is C22H20N2O4. The summed E-state index contributed by atoms with van der Waals surface area (Å²) < 4.78 is 10.6. The summed E-state index contributed by atoms with van der Waals surface area (Å²) in [6.07, 6.45) is 3.19. The molecule has 0 fully saturated rings. The van der Waals surface area contributed by atoms with Gasteiger partial charge in [-0.2, -0.15) is 0 Å². The van der Waals surface area contributed by atoms with E-state index in [-0.39, 0.29) is 18.4 Å². The summed E-state index contributed by atoms with van der Waals surface area (Å²) in [4.78, 5) is 25.0. The minimum Gasteiger partial charge on any atom is -0.490 e. The molecule has 0 aliphatic rings. The SMILES string of the molecule is C=CCOc1ccc(C(=O)Nc2ccccc2C(=O)NCc2ccco2)cc1. The average Bonchev–Trinajstić information content (AvgIpc) is 3.25. The summed E-state index contributed by atoms with van der Waals surface area (Å²) >= 11 is 0. The molecule has 0 aliphatic heterocycles. The highest BCUT2D eigenvalue weighted by molar-refractivity contribution is 6.09. The van der Waals surface area contributed by atoms with Crippen molar-refractivity contribution in [3.05, 3.63) is 96.5 Å². The molecule has 0 aliphatic carbocycles. The fourth-order valence-corrected chi connectivity index (χ4v) is 2.52. The first-order chi connectivity index (χ1) is 13.7. The molecule has 6 nitrogen and oxygen atoms in total. The highest BCUT2D eigenvalue weighted by atomic mass is 16.5. The average molecular weight is 376 g/mol. The maximum atomic E-state index is 12.5. The highest BCUT2D eigenvalue weighted by Crippen LogP contribution is 2.18. The van der Waals surface area contributed by atoms with E-state index in [9.17, 15) is 9.59 Å². The van der Waals surface area contributed by atoms with Gasteiger partial charge in [0.25, 0.3) is 11.8 Å². The molecule has 0 saturated carbocycles. The van der Waals surface area contributed by atoms with E-state index in [0.29, 0.717) is 34.9 Å². The van der Waals surface area contributed by atoms with Crippen molar-refractivity contribution in [3.8, 4) is 5.75 Å². The van der Waals surface area contributed by atoms with Gasteiger partial charge in [0.2, 0.25) is 0 Å². The minimum absolute atomic E-state index is 0.264. The molecule has 0 atom stereocenters. The molecule has 3 aromatic rings. The Kier molecular flexibility index (Phi) is 6.25. The number of para-hydroxylation sites is 1. The topological polar surface area (TPSA) is 80.6 Å². The Balaban J connectivity index is 1.67. The first-order valence-corrected chi connectivity index (χ1v) is 8.72. The van der Waals surface area contributed by atoms with Crippen LogP contribution in [0.4, 0.5) is 5.69 Å². The Morgan fingerprint density at radius 2 is 1.79 bits per heavy atom. The second-order valence-corrected chi connectivity index (χ2v) is 5.89. The standard InChI is InChI=1S/C22H20N2O4/c1-2-13-27-17-11-9-16(10-12-17)21(25)24-20-8-4-3-7-19(20)22(26)23-15-18-6-5-14-28-18/h2-12,14H,1,13,15H2,(H,23,26)(H,24,25). The molecule has 142 valence electrons. The summed E-state index contributed by atoms with van der Waals surface area (Å²) in [5.41, 5.74) is 1.25. The molecule has 0 bridgehead atoms. The smallest absolute Gasteiger partial charge is 0.255 e. The molecule has 2 aromatic carbocycles. The van der Waals surface area contributed by atoms with E-state index in [2.05, 4.69) is 17.2 Å². The summed E-state index contributed by atoms with van der Waals surface area (Å²) in [6.45, 7) is 4.25. The van der Waals surface area contributed by atoms with E-state index >= 15 is 0 Å². The van der Waals surface area contributed by atoms with Gasteiger partial charge in [-0.15, -0.1) is 0 Å². The van der Waals surface area contributed by atoms with E-state index in [1.54, 1.807) is 73.0 Å². The Labute approximate surface area is 162 Å². The van der Waals surface area contributed by atoms with Crippen molar-refractivity contribution in [2.75, 3.05) is 11.9 Å². The lowest BCUT2D eigenvalue weighted by molar-refractivity contribution is 0.0949. The number of carbonyl (C=O) groups is 2. The third-order valence-electron chi connectivity index (χ3n) is 3.91. The molecule has 0 unspecified atom stereocenters. The van der Waals surface area contributed by atoms with Crippen molar-refractivity contribution < 1.29 is 18.7 Å². The lowest BCUT2D eigenvalue weighted by Gasteiger charge is -2.11. The van der Waals surface area contributed by atoms with Gasteiger partial charge in [0.05, 0.1) is 24.1 Å². The lowest BCUT2D eigenvalue weighted by Crippen LogP contribution is -2.24. The number of amides is 2. The van der Waals surface area contributed by atoms with Crippen LogP contribution in [0.15, 0.2) is 84.0 Å². The predicted molar refractivity (Wildman–Crippen MR) is 106 cm³/mol. The number of benzene rings is 2. The van der Waals surface area contributed by atoms with Crippen LogP contribution < -0.4 is 15.4 Å². The molecule has 1 heterocycles. The highest BCUT2D eigenvalue weighted by Gasteiger charge is 2.14. The largest absolute Gasteiger partial charge is 0.490 e. The molecule has 1 aromatic heterocycles. The van der Waals surface area contributed by atoms with Crippen LogP contribution in [0.25, 0.3) is 0 Å². The first kappa shape index (κ1) is 19.0. The van der Waals surface area contributed by atoms with Crippen molar-refractivity contribution in [2.45, 2.75) is 6.54 Å². The molecule has 2 amide bonds. The Hall–Kier alpha value is -3.80. The summed E-state index contributed by atoms with van der Waals surface area (Å²) in [6, 6.07) is 17.1. The van der Waals surface area contributed by atoms with Gasteiger partial charge in [-0.3, -0.25) is 9.59 Å². The first-order valence-electron chi connectivity index (χ1n) is 8.72. The fourth-order valence-electron chi connectivity index (χ4n) is 2.52. The third-order valence-corrected chi connectivity index (χ3v) is 3.91. The monoisotopic (exact) mass is 376 g/mol. The zero-order valence-corrected chi connectivity index (χ0v) is 15.2. The molecule has 6 heteroatoms. The number of carbonyl (C=O) groups excluding carboxylic acids is 2. The summed E-state index contributed by atoms with van der Waals surface area (Å²) in [7, 11) is 0. The van der Waals surface area contributed by atoms with Crippen molar-refractivity contribution in [2.24, 2.45) is 0 Å². The van der Waals surface area contributed by atoms with Gasteiger partial charge in [0.15, 0.2) is 0 Å². The predicted octanol–water partition coefficient (Wildman–Crippen LogP) is 4.03. The minimum atomic E-state index is -0.318. The second-order valence-electron chi connectivity index (χ2n) is 5.89. The van der Waals surface area contributed by atoms with Crippen LogP contribution in [-0.2, 0) is 6.54 Å². The van der Waals surface area contributed by atoms with Gasteiger partial charge in [-0.1, -0.05) is 24.8 Å². The van der Waals surface area contributed by atoms with Crippen molar-refractivity contribution in [3.63, 3.8) is 0 Å². The fraction of sp³-hybridized carbons (Fsp3) is 0.0909. The van der Waals surface area contributed by atoms with Crippen LogP contribution in [-0.4, -0.2) is 18.4 Å². The van der Waals surface area contributed by atoms with Crippen molar-refractivity contribution >= 4 is 17.5 Å². The van der Waals surface area contributed by atoms with Gasteiger partial charge >= 0.3 is 0 Å². The summed E-state index contributed by atoms with van der Waals surface area (Å²) in [5.74, 6) is 0.671. The van der Waals surface area contributed by atoms with Crippen LogP contribution in [0, 0.1) is 0 Å². The normalized spacial score (nSPS) is 10.1. The number of hydrogen-bond acceptors (Lipinski definition) is 4. The quantitative estimate of drug-likeness (QED) is 0.582. The number of anilines is 1. The van der Waals surface area contributed by atoms with E-state index in [0.717, 1.165) is 0 Å².